The van der Waals surface area contributed by atoms with E-state index in [1.165, 1.54) is 12.6 Å². The Kier molecular flexibility index (Phi) is 5.83. The largest absolute Gasteiger partial charge is 0.460 e. The Bertz CT molecular complexity index is 1460. The molecule has 0 saturated heterocycles. The summed E-state index contributed by atoms with van der Waals surface area (Å²) >= 11 is 0. The molecule has 4 aromatic rings. The van der Waals surface area contributed by atoms with E-state index in [2.05, 4.69) is 32.9 Å². The van der Waals surface area contributed by atoms with Gasteiger partial charge in [0, 0.05) is 35.0 Å². The van der Waals surface area contributed by atoms with Crippen LogP contribution in [0.15, 0.2) is 65.3 Å². The smallest absolute Gasteiger partial charge is 0.148 e. The Balaban J connectivity index is 1.55. The van der Waals surface area contributed by atoms with Crippen LogP contribution < -0.4 is 10.6 Å². The van der Waals surface area contributed by atoms with Gasteiger partial charge in [0.05, 0.1) is 17.8 Å². The van der Waals surface area contributed by atoms with E-state index in [0.717, 1.165) is 27.7 Å². The zero-order valence-corrected chi connectivity index (χ0v) is 18.2. The van der Waals surface area contributed by atoms with Gasteiger partial charge in [-0.2, -0.15) is 0 Å². The predicted octanol–water partition coefficient (Wildman–Crippen LogP) is 3.75. The van der Waals surface area contributed by atoms with Crippen LogP contribution in [0, 0.1) is 12.3 Å². The standard InChI is InChI=1S/C24H22N4O3S/c1-3-17-5-4-6-19(13-17)28-24-21-14-18(7-9-22(21)26-16-27-24)23-10-8-20(31-23)15-25-11-12-32(2,29)30/h1,4-10,13-14,16,25H,11-12,15H2,2H3,(H,26,27,28)/i1D. The molecule has 0 unspecified atom stereocenters. The number of rotatable bonds is 8. The molecule has 0 aliphatic rings. The van der Waals surface area contributed by atoms with Crippen LogP contribution in [-0.4, -0.2) is 36.9 Å². The molecular weight excluding hydrogens is 424 g/mol. The van der Waals surface area contributed by atoms with Crippen LogP contribution in [-0.2, 0) is 16.4 Å². The van der Waals surface area contributed by atoms with Gasteiger partial charge in [0.25, 0.3) is 0 Å². The minimum Gasteiger partial charge on any atom is -0.460 e. The molecule has 32 heavy (non-hydrogen) atoms. The predicted molar refractivity (Wildman–Crippen MR) is 126 cm³/mol. The van der Waals surface area contributed by atoms with E-state index in [1.54, 1.807) is 0 Å². The molecule has 2 aromatic heterocycles. The van der Waals surface area contributed by atoms with Crippen molar-refractivity contribution in [3.05, 3.63) is 72.2 Å². The van der Waals surface area contributed by atoms with Crippen LogP contribution in [0.2, 0.25) is 0 Å². The molecule has 0 fully saturated rings. The summed E-state index contributed by atoms with van der Waals surface area (Å²) in [4.78, 5) is 8.75. The first-order valence-electron chi connectivity index (χ1n) is 10.4. The molecule has 0 radical (unpaired) electrons. The maximum Gasteiger partial charge on any atom is 0.148 e. The van der Waals surface area contributed by atoms with E-state index in [0.29, 0.717) is 30.4 Å². The van der Waals surface area contributed by atoms with Crippen molar-refractivity contribution in [2.75, 3.05) is 23.9 Å². The molecule has 2 aromatic carbocycles. The summed E-state index contributed by atoms with van der Waals surface area (Å²) in [6, 6.07) is 17.0. The number of nitrogens with one attached hydrogen (secondary N) is 2. The fourth-order valence-corrected chi connectivity index (χ4v) is 3.73. The lowest BCUT2D eigenvalue weighted by atomic mass is 10.1. The molecular formula is C24H22N4O3S. The molecule has 0 amide bonds. The minimum absolute atomic E-state index is 0.0829. The van der Waals surface area contributed by atoms with Gasteiger partial charge in [0.15, 0.2) is 0 Å². The number of benzene rings is 2. The van der Waals surface area contributed by atoms with Crippen LogP contribution >= 0.6 is 0 Å². The number of aromatic nitrogens is 2. The van der Waals surface area contributed by atoms with Gasteiger partial charge < -0.3 is 15.1 Å². The summed E-state index contributed by atoms with van der Waals surface area (Å²) in [7, 11) is -3.00. The lowest BCUT2D eigenvalue weighted by Crippen LogP contribution is -2.21. The second-order valence-corrected chi connectivity index (χ2v) is 9.62. The Morgan fingerprint density at radius 3 is 2.91 bits per heavy atom. The van der Waals surface area contributed by atoms with Crippen molar-refractivity contribution in [3.63, 3.8) is 0 Å². The molecule has 0 aliphatic heterocycles. The Morgan fingerprint density at radius 2 is 2.06 bits per heavy atom. The maximum atomic E-state index is 11.2. The highest BCUT2D eigenvalue weighted by Gasteiger charge is 2.10. The summed E-state index contributed by atoms with van der Waals surface area (Å²) in [5.74, 6) is 4.86. The zero-order valence-electron chi connectivity index (χ0n) is 18.4. The highest BCUT2D eigenvalue weighted by atomic mass is 32.2. The van der Waals surface area contributed by atoms with Crippen LogP contribution in [0.5, 0.6) is 0 Å². The number of furan rings is 1. The molecule has 7 nitrogen and oxygen atoms in total. The fraction of sp³-hybridized carbons (Fsp3) is 0.167. The third-order valence-electron chi connectivity index (χ3n) is 4.80. The lowest BCUT2D eigenvalue weighted by molar-refractivity contribution is 0.498. The molecule has 0 atom stereocenters. The van der Waals surface area contributed by atoms with Gasteiger partial charge >= 0.3 is 0 Å². The van der Waals surface area contributed by atoms with Crippen molar-refractivity contribution in [2.24, 2.45) is 0 Å². The Morgan fingerprint density at radius 1 is 1.16 bits per heavy atom. The van der Waals surface area contributed by atoms with Gasteiger partial charge in [0.2, 0.25) is 0 Å². The fourth-order valence-electron chi connectivity index (χ4n) is 3.22. The second kappa shape index (κ2) is 9.22. The third-order valence-corrected chi connectivity index (χ3v) is 5.75. The van der Waals surface area contributed by atoms with E-state index in [-0.39, 0.29) is 5.75 Å². The van der Waals surface area contributed by atoms with E-state index in [1.807, 2.05) is 54.6 Å². The first-order valence-corrected chi connectivity index (χ1v) is 12.0. The topological polar surface area (TPSA) is 97.1 Å². The van der Waals surface area contributed by atoms with Crippen LogP contribution in [0.4, 0.5) is 11.5 Å². The zero-order chi connectivity index (χ0) is 23.3. The quantitative estimate of drug-likeness (QED) is 0.314. The summed E-state index contributed by atoms with van der Waals surface area (Å²) in [6.45, 7) is 0.808. The first kappa shape index (κ1) is 20.2. The molecule has 162 valence electrons. The molecule has 4 rings (SSSR count). The monoisotopic (exact) mass is 447 g/mol. The third kappa shape index (κ3) is 5.32. The highest BCUT2D eigenvalue weighted by molar-refractivity contribution is 7.90. The first-order chi connectivity index (χ1) is 15.9. The van der Waals surface area contributed by atoms with Crippen molar-refractivity contribution in [3.8, 4) is 23.6 Å². The summed E-state index contributed by atoms with van der Waals surface area (Å²) in [5.41, 5.74) is 3.20. The van der Waals surface area contributed by atoms with Gasteiger partial charge in [-0.15, -0.1) is 6.40 Å². The average molecular weight is 448 g/mol. The minimum atomic E-state index is -3.00. The van der Waals surface area contributed by atoms with Crippen molar-refractivity contribution < 1.29 is 14.2 Å². The van der Waals surface area contributed by atoms with E-state index in [4.69, 9.17) is 5.79 Å². The number of hydrogen-bond donors (Lipinski definition) is 2. The number of fused-ring (bicyclic) bond motifs is 1. The molecule has 8 heteroatoms. The normalized spacial score (nSPS) is 11.6. The van der Waals surface area contributed by atoms with Gasteiger partial charge in [-0.05, 0) is 48.5 Å². The summed E-state index contributed by atoms with van der Waals surface area (Å²) < 4.78 is 35.5. The van der Waals surface area contributed by atoms with E-state index < -0.39 is 9.84 Å². The SMILES string of the molecule is [2H]C#Cc1cccc(Nc2ncnc3ccc(-c4ccc(CNCCS(C)(=O)=O)o4)cc23)c1. The summed E-state index contributed by atoms with van der Waals surface area (Å²) in [6.07, 6.45) is 4.88. The van der Waals surface area contributed by atoms with Gasteiger partial charge in [-0.1, -0.05) is 12.0 Å². The second-order valence-electron chi connectivity index (χ2n) is 7.36. The molecule has 0 spiro atoms. The number of hydrogen-bond acceptors (Lipinski definition) is 7. The van der Waals surface area contributed by atoms with E-state index in [9.17, 15) is 8.42 Å². The number of anilines is 2. The Labute approximate surface area is 188 Å². The van der Waals surface area contributed by atoms with E-state index >= 15 is 0 Å². The Hall–Kier alpha value is -3.67. The van der Waals surface area contributed by atoms with Crippen molar-refractivity contribution in [2.45, 2.75) is 6.54 Å². The van der Waals surface area contributed by atoms with Crippen LogP contribution in [0.1, 0.15) is 12.7 Å². The molecule has 2 N–H and O–H groups in total. The molecule has 0 saturated carbocycles. The molecule has 0 aliphatic carbocycles. The number of nitrogens with zero attached hydrogens (tertiary/aromatic N) is 2. The van der Waals surface area contributed by atoms with Crippen LogP contribution in [0.3, 0.4) is 0 Å². The summed E-state index contributed by atoms with van der Waals surface area (Å²) in [5, 5.41) is 7.21. The number of terminal acetylenes is 1. The van der Waals surface area contributed by atoms with Crippen LogP contribution in [0.25, 0.3) is 22.2 Å². The number of sulfone groups is 1. The lowest BCUT2D eigenvalue weighted by Gasteiger charge is -2.09. The average Bonchev–Trinajstić information content (AvgIpc) is 3.26. The van der Waals surface area contributed by atoms with Gasteiger partial charge in [0.1, 0.15) is 34.9 Å². The highest BCUT2D eigenvalue weighted by Crippen LogP contribution is 2.29. The van der Waals surface area contributed by atoms with Crippen molar-refractivity contribution in [1.29, 1.82) is 0 Å². The molecule has 0 bridgehead atoms. The van der Waals surface area contributed by atoms with Crippen molar-refractivity contribution in [1.82, 2.24) is 15.3 Å². The van der Waals surface area contributed by atoms with Gasteiger partial charge in [-0.3, -0.25) is 0 Å². The molecule has 2 heterocycles. The van der Waals surface area contributed by atoms with Gasteiger partial charge in [-0.25, -0.2) is 18.4 Å². The van der Waals surface area contributed by atoms with Crippen molar-refractivity contribution >= 4 is 32.2 Å². The maximum absolute atomic E-state index is 11.2.